The van der Waals surface area contributed by atoms with Crippen molar-refractivity contribution in [3.05, 3.63) is 41.5 Å². The fraction of sp³-hybridized carbons (Fsp3) is 0.444. The maximum Gasteiger partial charge on any atom is 0.166 e. The molecule has 0 spiro atoms. The molecule has 1 atom stereocenters. The van der Waals surface area contributed by atoms with Gasteiger partial charge in [-0.1, -0.05) is 81.4 Å². The normalized spacial score (nSPS) is 14.0. The van der Waals surface area contributed by atoms with E-state index in [9.17, 15) is 0 Å². The highest BCUT2D eigenvalue weighted by atomic mass is 32.2. The van der Waals surface area contributed by atoms with Gasteiger partial charge >= 0.3 is 0 Å². The number of allylic oxidation sites excluding steroid dienone is 1. The lowest BCUT2D eigenvalue weighted by Crippen LogP contribution is -2.17. The highest BCUT2D eigenvalue weighted by Gasteiger charge is 2.07. The zero-order valence-electron chi connectivity index (χ0n) is 13.9. The number of nitrogens with zero attached hydrogens (tertiary/aromatic N) is 1. The number of amidine groups is 1. The van der Waals surface area contributed by atoms with Crippen molar-refractivity contribution in [2.45, 2.75) is 51.9 Å². The minimum Gasteiger partial charge on any atom is -0.383 e. The summed E-state index contributed by atoms with van der Waals surface area (Å²) in [6.07, 6.45) is 5.32. The number of hydrogen-bond acceptors (Lipinski definition) is 2. The van der Waals surface area contributed by atoms with Gasteiger partial charge in [0.05, 0.1) is 0 Å². The maximum atomic E-state index is 6.17. The molecule has 1 unspecified atom stereocenters. The molecule has 4 heteroatoms. The van der Waals surface area contributed by atoms with Gasteiger partial charge < -0.3 is 5.73 Å². The Morgan fingerprint density at radius 1 is 1.32 bits per heavy atom. The van der Waals surface area contributed by atoms with Gasteiger partial charge in [-0.05, 0) is 37.0 Å². The first-order valence-electron chi connectivity index (χ1n) is 7.80. The molecule has 1 rings (SSSR count). The van der Waals surface area contributed by atoms with Gasteiger partial charge in [0.25, 0.3) is 0 Å². The van der Waals surface area contributed by atoms with Crippen molar-refractivity contribution in [3.63, 3.8) is 0 Å². The molecule has 0 saturated carbocycles. The first-order chi connectivity index (χ1) is 10.5. The van der Waals surface area contributed by atoms with Gasteiger partial charge in [-0.15, -0.1) is 0 Å². The number of thiocarbonyl (C=S) groups is 1. The first-order valence-corrected chi connectivity index (χ1v) is 9.02. The third kappa shape index (κ3) is 6.75. The van der Waals surface area contributed by atoms with Crippen LogP contribution in [0.4, 0.5) is 0 Å². The summed E-state index contributed by atoms with van der Waals surface area (Å²) in [7, 11) is 0. The van der Waals surface area contributed by atoms with Gasteiger partial charge in [-0.2, -0.15) is 0 Å². The largest absolute Gasteiger partial charge is 0.383 e. The second-order valence-electron chi connectivity index (χ2n) is 5.51. The van der Waals surface area contributed by atoms with E-state index in [1.165, 1.54) is 17.3 Å². The van der Waals surface area contributed by atoms with Crippen LogP contribution >= 0.6 is 24.0 Å². The molecule has 0 heterocycles. The summed E-state index contributed by atoms with van der Waals surface area (Å²) in [5, 5.41) is 0. The Balaban J connectivity index is 2.81. The standard InChI is InChI=1S/C18H26N2S2/c1-5-7-15(12-13(3)6-2)17(19)20-18(21)22-16-10-8-14(4)9-11-16/h8-13H,5-7H2,1-4H3,(H2,19,20,21)/b15-12+. The van der Waals surface area contributed by atoms with Gasteiger partial charge in [0.2, 0.25) is 0 Å². The van der Waals surface area contributed by atoms with Gasteiger partial charge in [-0.3, -0.25) is 0 Å². The fourth-order valence-corrected chi connectivity index (χ4v) is 2.93. The van der Waals surface area contributed by atoms with Crippen LogP contribution in [0.25, 0.3) is 0 Å². The molecule has 0 radical (unpaired) electrons. The molecule has 2 N–H and O–H groups in total. The van der Waals surface area contributed by atoms with Crippen molar-refractivity contribution in [2.75, 3.05) is 0 Å². The number of aryl methyl sites for hydroxylation is 1. The van der Waals surface area contributed by atoms with Crippen molar-refractivity contribution in [1.29, 1.82) is 0 Å². The second kappa shape index (κ2) is 9.80. The van der Waals surface area contributed by atoms with E-state index in [0.717, 1.165) is 29.7 Å². The fourth-order valence-electron chi connectivity index (χ4n) is 1.93. The lowest BCUT2D eigenvalue weighted by molar-refractivity contribution is 0.690. The van der Waals surface area contributed by atoms with Crippen LogP contribution in [-0.2, 0) is 0 Å². The lowest BCUT2D eigenvalue weighted by atomic mass is 10.0. The molecule has 0 bridgehead atoms. The van der Waals surface area contributed by atoms with Crippen LogP contribution in [0.3, 0.4) is 0 Å². The molecule has 0 aliphatic carbocycles. The number of rotatable bonds is 6. The van der Waals surface area contributed by atoms with Gasteiger partial charge in [0, 0.05) is 4.90 Å². The molecule has 0 amide bonds. The summed E-state index contributed by atoms with van der Waals surface area (Å²) >= 11 is 6.84. The Bertz CT molecular complexity index is 545. The first kappa shape index (κ1) is 18.9. The number of thioether (sulfide) groups is 1. The van der Waals surface area contributed by atoms with E-state index >= 15 is 0 Å². The smallest absolute Gasteiger partial charge is 0.166 e. The molecule has 1 aromatic rings. The Kier molecular flexibility index (Phi) is 8.43. The summed E-state index contributed by atoms with van der Waals surface area (Å²) in [5.41, 5.74) is 8.52. The molecule has 0 fully saturated rings. The van der Waals surface area contributed by atoms with E-state index in [4.69, 9.17) is 18.0 Å². The Morgan fingerprint density at radius 2 is 1.95 bits per heavy atom. The van der Waals surface area contributed by atoms with E-state index in [0.29, 0.717) is 16.1 Å². The summed E-state index contributed by atoms with van der Waals surface area (Å²) in [6.45, 7) is 8.59. The van der Waals surface area contributed by atoms with Gasteiger partial charge in [0.1, 0.15) is 5.84 Å². The van der Waals surface area contributed by atoms with Crippen LogP contribution in [-0.4, -0.2) is 10.2 Å². The molecular formula is C18H26N2S2. The summed E-state index contributed by atoms with van der Waals surface area (Å²) in [4.78, 5) is 5.51. The third-order valence-electron chi connectivity index (χ3n) is 3.42. The zero-order valence-corrected chi connectivity index (χ0v) is 15.6. The van der Waals surface area contributed by atoms with Gasteiger partial charge in [-0.25, -0.2) is 4.99 Å². The molecular weight excluding hydrogens is 308 g/mol. The summed E-state index contributed by atoms with van der Waals surface area (Å²) in [5.74, 6) is 1.07. The topological polar surface area (TPSA) is 38.4 Å². The molecule has 0 aromatic heterocycles. The second-order valence-corrected chi connectivity index (χ2v) is 7.21. The monoisotopic (exact) mass is 334 g/mol. The Labute approximate surface area is 144 Å². The van der Waals surface area contributed by atoms with Crippen LogP contribution < -0.4 is 5.73 Å². The molecule has 22 heavy (non-hydrogen) atoms. The Morgan fingerprint density at radius 3 is 2.50 bits per heavy atom. The molecule has 0 aliphatic heterocycles. The molecule has 0 aliphatic rings. The molecule has 120 valence electrons. The van der Waals surface area contributed by atoms with Crippen LogP contribution in [0.1, 0.15) is 45.6 Å². The van der Waals surface area contributed by atoms with Crippen molar-refractivity contribution in [1.82, 2.24) is 0 Å². The van der Waals surface area contributed by atoms with Crippen LogP contribution in [0.5, 0.6) is 0 Å². The number of aliphatic imine (C=N–C) groups is 1. The van der Waals surface area contributed by atoms with Gasteiger partial charge in [0.15, 0.2) is 4.32 Å². The quantitative estimate of drug-likeness (QED) is 0.323. The van der Waals surface area contributed by atoms with Crippen molar-refractivity contribution in [2.24, 2.45) is 16.6 Å². The number of benzene rings is 1. The van der Waals surface area contributed by atoms with Crippen LogP contribution in [0.2, 0.25) is 0 Å². The highest BCUT2D eigenvalue weighted by molar-refractivity contribution is 8.23. The predicted octanol–water partition coefficient (Wildman–Crippen LogP) is 5.50. The van der Waals surface area contributed by atoms with Crippen LogP contribution in [0, 0.1) is 12.8 Å². The van der Waals surface area contributed by atoms with E-state index < -0.39 is 0 Å². The lowest BCUT2D eigenvalue weighted by Gasteiger charge is -2.09. The average Bonchev–Trinajstić information content (AvgIpc) is 2.48. The molecule has 1 aromatic carbocycles. The molecule has 2 nitrogen and oxygen atoms in total. The van der Waals surface area contributed by atoms with E-state index in [-0.39, 0.29) is 0 Å². The number of nitrogens with two attached hydrogens (primary N) is 1. The highest BCUT2D eigenvalue weighted by Crippen LogP contribution is 2.21. The van der Waals surface area contributed by atoms with Crippen LogP contribution in [0.15, 0.2) is 45.8 Å². The minimum atomic E-state index is 0.508. The van der Waals surface area contributed by atoms with E-state index in [1.807, 2.05) is 0 Å². The maximum absolute atomic E-state index is 6.17. The Hall–Kier alpha value is -1.13. The SMILES string of the molecule is CCCC(=C\C(C)CC)/C(N)=N/C(=S)Sc1ccc(C)cc1. The number of hydrogen-bond donors (Lipinski definition) is 1. The van der Waals surface area contributed by atoms with Crippen molar-refractivity contribution in [3.8, 4) is 0 Å². The average molecular weight is 335 g/mol. The van der Waals surface area contributed by atoms with Crippen molar-refractivity contribution >= 4 is 34.1 Å². The van der Waals surface area contributed by atoms with E-state index in [1.54, 1.807) is 0 Å². The minimum absolute atomic E-state index is 0.508. The summed E-state index contributed by atoms with van der Waals surface area (Å²) < 4.78 is 0.563. The molecule has 0 saturated heterocycles. The third-order valence-corrected chi connectivity index (χ3v) is 4.53. The van der Waals surface area contributed by atoms with E-state index in [2.05, 4.69) is 63.0 Å². The summed E-state index contributed by atoms with van der Waals surface area (Å²) in [6, 6.07) is 8.26. The van der Waals surface area contributed by atoms with Crippen molar-refractivity contribution < 1.29 is 0 Å². The zero-order chi connectivity index (χ0) is 16.5. The predicted molar refractivity (Wildman–Crippen MR) is 104 cm³/mol.